The van der Waals surface area contributed by atoms with Crippen LogP contribution in [0, 0.1) is 0 Å². The van der Waals surface area contributed by atoms with E-state index in [4.69, 9.17) is 19.7 Å². The maximum absolute atomic E-state index is 13.0. The normalized spacial score (nSPS) is 18.1. The Morgan fingerprint density at radius 2 is 1.28 bits per heavy atom. The number of likely N-dealkylation sites (N-methyl/N-ethyl adjacent to an activating group) is 1. The minimum absolute atomic E-state index is 0.0270. The number of piperazine rings is 1. The largest absolute Gasteiger partial charge is 0.378 e. The molecule has 13 nitrogen and oxygen atoms in total. The molecule has 0 saturated carbocycles. The molecule has 0 atom stereocenters. The van der Waals surface area contributed by atoms with Crippen molar-refractivity contribution in [3.8, 4) is 11.4 Å². The number of hydrogen-bond donors (Lipinski definition) is 2. The molecule has 13 heteroatoms. The smallest absolute Gasteiger partial charge is 0.323 e. The Hall–Kier alpha value is -4.33. The summed E-state index contributed by atoms with van der Waals surface area (Å²) in [4.78, 5) is 51.1. The van der Waals surface area contributed by atoms with Gasteiger partial charge >= 0.3 is 6.03 Å². The number of likely N-dealkylation sites (tertiary alicyclic amines) is 1. The predicted molar refractivity (Wildman–Crippen MR) is 180 cm³/mol. The highest BCUT2D eigenvalue weighted by Crippen LogP contribution is 2.25. The summed E-state index contributed by atoms with van der Waals surface area (Å²) in [5.41, 5.74) is 2.70. The molecule has 3 aliphatic heterocycles. The molecule has 0 bridgehead atoms. The minimum Gasteiger partial charge on any atom is -0.378 e. The Labute approximate surface area is 270 Å². The minimum atomic E-state index is -0.371. The molecule has 0 aliphatic carbocycles. The van der Waals surface area contributed by atoms with E-state index in [1.165, 1.54) is 0 Å². The second-order valence-corrected chi connectivity index (χ2v) is 12.4. The van der Waals surface area contributed by atoms with Crippen molar-refractivity contribution < 1.29 is 14.3 Å². The van der Waals surface area contributed by atoms with Crippen LogP contribution in [0.15, 0.2) is 48.5 Å². The van der Waals surface area contributed by atoms with Crippen LogP contribution in [0.1, 0.15) is 23.2 Å². The highest BCUT2D eigenvalue weighted by molar-refractivity contribution is 6.00. The standard InChI is InChI=1S/C33H44N10O3/c1-39(2)28-12-14-41(15-13-28)30(44)25-6-10-27(11-7-25)35-33(45)34-26-8-4-24(5-9-26)29-36-31(42-18-16-40(3)17-19-42)38-32(37-29)43-20-22-46-23-21-43/h4-11,28H,12-23H2,1-3H3,(H2,34,35,45). The third-order valence-corrected chi connectivity index (χ3v) is 8.96. The number of benzene rings is 2. The quantitative estimate of drug-likeness (QED) is 0.404. The predicted octanol–water partition coefficient (Wildman–Crippen LogP) is 2.94. The number of nitrogens with one attached hydrogen (secondary N) is 2. The van der Waals surface area contributed by atoms with Gasteiger partial charge in [0.1, 0.15) is 0 Å². The molecule has 0 spiro atoms. The van der Waals surface area contributed by atoms with Crippen molar-refractivity contribution in [2.75, 3.05) is 107 Å². The summed E-state index contributed by atoms with van der Waals surface area (Å²) in [7, 11) is 6.30. The van der Waals surface area contributed by atoms with Crippen molar-refractivity contribution in [2.24, 2.45) is 0 Å². The van der Waals surface area contributed by atoms with Gasteiger partial charge in [-0.15, -0.1) is 0 Å². The summed E-state index contributed by atoms with van der Waals surface area (Å²) >= 11 is 0. The molecular weight excluding hydrogens is 584 g/mol. The topological polar surface area (TPSA) is 122 Å². The first kappa shape index (κ1) is 31.6. The van der Waals surface area contributed by atoms with Gasteiger partial charge in [0.05, 0.1) is 13.2 Å². The van der Waals surface area contributed by atoms with Crippen LogP contribution in [0.4, 0.5) is 28.1 Å². The number of piperidine rings is 1. The zero-order valence-corrected chi connectivity index (χ0v) is 27.0. The second kappa shape index (κ2) is 14.4. The molecule has 3 aliphatic rings. The lowest BCUT2D eigenvalue weighted by atomic mass is 10.0. The molecule has 4 heterocycles. The van der Waals surface area contributed by atoms with Gasteiger partial charge in [-0.05, 0) is 82.5 Å². The fourth-order valence-corrected chi connectivity index (χ4v) is 6.00. The number of morpholine rings is 1. The van der Waals surface area contributed by atoms with Crippen molar-refractivity contribution in [2.45, 2.75) is 18.9 Å². The van der Waals surface area contributed by atoms with Crippen LogP contribution >= 0.6 is 0 Å². The maximum Gasteiger partial charge on any atom is 0.323 e. The number of nitrogens with zero attached hydrogens (tertiary/aromatic N) is 8. The van der Waals surface area contributed by atoms with Crippen LogP contribution in [-0.2, 0) is 4.74 Å². The Morgan fingerprint density at radius 1 is 0.739 bits per heavy atom. The Morgan fingerprint density at radius 3 is 1.85 bits per heavy atom. The van der Waals surface area contributed by atoms with Crippen molar-refractivity contribution in [3.63, 3.8) is 0 Å². The lowest BCUT2D eigenvalue weighted by Crippen LogP contribution is -2.45. The molecule has 244 valence electrons. The molecule has 2 aromatic carbocycles. The van der Waals surface area contributed by atoms with Crippen molar-refractivity contribution in [1.82, 2.24) is 29.7 Å². The molecule has 0 unspecified atom stereocenters. The molecule has 0 radical (unpaired) electrons. The van der Waals surface area contributed by atoms with Crippen LogP contribution in [0.25, 0.3) is 11.4 Å². The molecule has 3 amide bonds. The molecule has 3 aromatic rings. The number of amides is 3. The Kier molecular flexibility index (Phi) is 9.91. The Bertz CT molecular complexity index is 1480. The lowest BCUT2D eigenvalue weighted by Gasteiger charge is -2.35. The van der Waals surface area contributed by atoms with Gasteiger partial charge in [-0.25, -0.2) is 4.79 Å². The third-order valence-electron chi connectivity index (χ3n) is 8.96. The number of rotatable bonds is 7. The van der Waals surface area contributed by atoms with Crippen molar-refractivity contribution >= 4 is 35.2 Å². The van der Waals surface area contributed by atoms with Gasteiger partial charge in [0, 0.05) is 80.9 Å². The molecule has 6 rings (SSSR count). The SMILES string of the molecule is CN1CCN(c2nc(-c3ccc(NC(=O)Nc4ccc(C(=O)N5CCC(N(C)C)CC5)cc4)cc3)nc(N3CCOCC3)n2)CC1. The van der Waals surface area contributed by atoms with Gasteiger partial charge in [0.2, 0.25) is 11.9 Å². The van der Waals surface area contributed by atoms with E-state index in [2.05, 4.69) is 51.4 Å². The van der Waals surface area contributed by atoms with E-state index in [1.807, 2.05) is 29.2 Å². The Balaban J connectivity index is 1.08. The summed E-state index contributed by atoms with van der Waals surface area (Å²) < 4.78 is 5.54. The van der Waals surface area contributed by atoms with E-state index in [0.717, 1.165) is 70.8 Å². The van der Waals surface area contributed by atoms with Gasteiger partial charge in [0.15, 0.2) is 5.82 Å². The van der Waals surface area contributed by atoms with Crippen molar-refractivity contribution in [3.05, 3.63) is 54.1 Å². The highest BCUT2D eigenvalue weighted by Gasteiger charge is 2.25. The third kappa shape index (κ3) is 7.72. The number of carbonyl (C=O) groups excluding carboxylic acids is 2. The second-order valence-electron chi connectivity index (χ2n) is 12.4. The fourth-order valence-electron chi connectivity index (χ4n) is 6.00. The van der Waals surface area contributed by atoms with Crippen LogP contribution in [-0.4, -0.2) is 134 Å². The van der Waals surface area contributed by atoms with Crippen LogP contribution in [0.2, 0.25) is 0 Å². The zero-order valence-electron chi connectivity index (χ0n) is 27.0. The van der Waals surface area contributed by atoms with Gasteiger partial charge in [0.25, 0.3) is 5.91 Å². The first-order valence-corrected chi connectivity index (χ1v) is 16.1. The van der Waals surface area contributed by atoms with Crippen molar-refractivity contribution in [1.29, 1.82) is 0 Å². The fraction of sp³-hybridized carbons (Fsp3) is 0.485. The molecule has 46 heavy (non-hydrogen) atoms. The average molecular weight is 629 g/mol. The van der Waals surface area contributed by atoms with E-state index in [9.17, 15) is 9.59 Å². The first-order valence-electron chi connectivity index (χ1n) is 16.1. The summed E-state index contributed by atoms with van der Waals surface area (Å²) in [6.45, 7) is 7.88. The van der Waals surface area contributed by atoms with E-state index >= 15 is 0 Å². The summed E-state index contributed by atoms with van der Waals surface area (Å²) in [6.07, 6.45) is 1.95. The number of aromatic nitrogens is 3. The highest BCUT2D eigenvalue weighted by atomic mass is 16.5. The summed E-state index contributed by atoms with van der Waals surface area (Å²) in [5, 5.41) is 5.74. The van der Waals surface area contributed by atoms with Crippen LogP contribution in [0.3, 0.4) is 0 Å². The zero-order chi connectivity index (χ0) is 32.0. The van der Waals surface area contributed by atoms with Gasteiger partial charge in [-0.3, -0.25) is 4.79 Å². The van der Waals surface area contributed by atoms with Crippen LogP contribution < -0.4 is 20.4 Å². The molecule has 1 aromatic heterocycles. The lowest BCUT2D eigenvalue weighted by molar-refractivity contribution is 0.0663. The number of urea groups is 1. The molecule has 3 fully saturated rings. The van der Waals surface area contributed by atoms with E-state index < -0.39 is 0 Å². The number of hydrogen-bond acceptors (Lipinski definition) is 10. The molecule has 3 saturated heterocycles. The average Bonchev–Trinajstić information content (AvgIpc) is 3.09. The van der Waals surface area contributed by atoms with E-state index in [1.54, 1.807) is 24.3 Å². The van der Waals surface area contributed by atoms with Gasteiger partial charge < -0.3 is 39.9 Å². The number of ether oxygens (including phenoxy) is 1. The van der Waals surface area contributed by atoms with Gasteiger partial charge in [-0.1, -0.05) is 0 Å². The van der Waals surface area contributed by atoms with E-state index in [0.29, 0.717) is 53.9 Å². The molecular formula is C33H44N10O3. The van der Waals surface area contributed by atoms with Gasteiger partial charge in [-0.2, -0.15) is 15.0 Å². The van der Waals surface area contributed by atoms with E-state index in [-0.39, 0.29) is 11.9 Å². The number of anilines is 4. The summed E-state index contributed by atoms with van der Waals surface area (Å²) in [5.74, 6) is 1.96. The first-order chi connectivity index (χ1) is 22.3. The monoisotopic (exact) mass is 628 g/mol. The van der Waals surface area contributed by atoms with Crippen LogP contribution in [0.5, 0.6) is 0 Å². The summed E-state index contributed by atoms with van der Waals surface area (Å²) in [6, 6.07) is 14.7. The number of carbonyl (C=O) groups is 2. The molecule has 2 N–H and O–H groups in total. The maximum atomic E-state index is 13.0.